The third kappa shape index (κ3) is 3.26. The van der Waals surface area contributed by atoms with Crippen molar-refractivity contribution in [1.29, 1.82) is 0 Å². The van der Waals surface area contributed by atoms with Crippen LogP contribution in [0, 0.1) is 23.2 Å². The number of hydrogen-bond donors (Lipinski definition) is 1. The van der Waals surface area contributed by atoms with E-state index in [1.807, 2.05) is 31.2 Å². The van der Waals surface area contributed by atoms with Crippen molar-refractivity contribution in [2.24, 2.45) is 21.4 Å². The Morgan fingerprint density at radius 2 is 1.71 bits per heavy atom. The fourth-order valence-electron chi connectivity index (χ4n) is 5.17. The molecule has 2 saturated carbocycles. The van der Waals surface area contributed by atoms with Gasteiger partial charge in [0.15, 0.2) is 0 Å². The second-order valence-corrected chi connectivity index (χ2v) is 9.84. The van der Waals surface area contributed by atoms with E-state index >= 15 is 0 Å². The predicted molar refractivity (Wildman–Crippen MR) is 122 cm³/mol. The number of amides is 1. The number of carbonyl (C=O) groups is 2. The molecule has 1 amide bonds. The normalized spacial score (nSPS) is 27.3. The van der Waals surface area contributed by atoms with E-state index in [9.17, 15) is 9.59 Å². The van der Waals surface area contributed by atoms with Crippen molar-refractivity contribution in [2.75, 3.05) is 5.32 Å². The van der Waals surface area contributed by atoms with E-state index in [0.717, 1.165) is 24.1 Å². The van der Waals surface area contributed by atoms with Gasteiger partial charge in [-0.15, -0.1) is 0 Å². The zero-order chi connectivity index (χ0) is 22.4. The van der Waals surface area contributed by atoms with Crippen molar-refractivity contribution in [3.8, 4) is 0 Å². The van der Waals surface area contributed by atoms with Crippen LogP contribution in [0.4, 0.5) is 5.69 Å². The minimum absolute atomic E-state index is 0.0654. The molecule has 4 rings (SSSR count). The van der Waals surface area contributed by atoms with Gasteiger partial charge in [-0.3, -0.25) is 4.79 Å². The van der Waals surface area contributed by atoms with Gasteiger partial charge in [-0.25, -0.2) is 4.79 Å². The van der Waals surface area contributed by atoms with Gasteiger partial charge in [-0.2, -0.15) is 0 Å². The number of benzene rings is 2. The van der Waals surface area contributed by atoms with E-state index in [2.05, 4.69) is 31.2 Å². The van der Waals surface area contributed by atoms with E-state index in [1.165, 1.54) is 0 Å². The lowest BCUT2D eigenvalue weighted by Gasteiger charge is -2.39. The molecule has 2 aromatic carbocycles. The summed E-state index contributed by atoms with van der Waals surface area (Å²) < 4.78 is 0. The molecule has 2 unspecified atom stereocenters. The molecule has 2 aromatic rings. The Morgan fingerprint density at radius 3 is 2.39 bits per heavy atom. The number of para-hydroxylation sites is 1. The summed E-state index contributed by atoms with van der Waals surface area (Å²) in [5.41, 5.74) is 1.54. The van der Waals surface area contributed by atoms with Gasteiger partial charge in [0.25, 0.3) is 0 Å². The summed E-state index contributed by atoms with van der Waals surface area (Å²) in [5, 5.41) is 7.82. The first-order valence-corrected chi connectivity index (χ1v) is 10.9. The third-order valence-electron chi connectivity index (χ3n) is 7.82. The molecule has 1 N–H and O–H groups in total. The number of carbonyl (C=O) groups excluding carboxylic acids is 2. The smallest absolute Gasteiger partial charge is 0.324 e. The minimum atomic E-state index is -0.643. The Balaban J connectivity index is 1.59. The molecule has 2 bridgehead atoms. The molecule has 5 nitrogen and oxygen atoms in total. The summed E-state index contributed by atoms with van der Waals surface area (Å²) in [5.74, 6) is -0.560. The van der Waals surface area contributed by atoms with Crippen LogP contribution in [0.2, 0.25) is 5.02 Å². The topological polar surface area (TPSA) is 67.8 Å². The van der Waals surface area contributed by atoms with Crippen molar-refractivity contribution in [1.82, 2.24) is 0 Å². The van der Waals surface area contributed by atoms with Crippen LogP contribution in [0.1, 0.15) is 56.0 Å². The average Bonchev–Trinajstić information content (AvgIpc) is 3.05. The zero-order valence-corrected chi connectivity index (χ0v) is 19.0. The third-order valence-corrected chi connectivity index (χ3v) is 8.15. The molecule has 2 aliphatic rings. The molecule has 2 fully saturated rings. The summed E-state index contributed by atoms with van der Waals surface area (Å²) >= 11 is 6.26. The van der Waals surface area contributed by atoms with Crippen LogP contribution in [0.25, 0.3) is 0 Å². The van der Waals surface area contributed by atoms with Gasteiger partial charge in [-0.1, -0.05) is 67.4 Å². The summed E-state index contributed by atoms with van der Waals surface area (Å²) in [6, 6.07) is 14.4. The zero-order valence-electron chi connectivity index (χ0n) is 18.3. The second-order valence-electron chi connectivity index (χ2n) is 9.43. The number of nitrogens with zero attached hydrogens (tertiary/aromatic N) is 1. The highest BCUT2D eigenvalue weighted by atomic mass is 35.5. The fourth-order valence-corrected chi connectivity index (χ4v) is 5.35. The van der Waals surface area contributed by atoms with E-state index < -0.39 is 11.4 Å². The summed E-state index contributed by atoms with van der Waals surface area (Å²) in [6.07, 6.45) is 2.00. The van der Waals surface area contributed by atoms with Crippen LogP contribution in [0.5, 0.6) is 0 Å². The number of fused-ring (bicyclic) bond motifs is 2. The molecule has 31 heavy (non-hydrogen) atoms. The van der Waals surface area contributed by atoms with Gasteiger partial charge < -0.3 is 10.2 Å². The van der Waals surface area contributed by atoms with Crippen LogP contribution >= 0.6 is 11.6 Å². The lowest BCUT2D eigenvalue weighted by molar-refractivity contribution is -0.130. The molecule has 0 radical (unpaired) electrons. The number of aryl methyl sites for hydroxylation is 1. The Kier molecular flexibility index (Phi) is 5.21. The minimum Gasteiger partial charge on any atom is -0.324 e. The number of halogens is 1. The average molecular weight is 439 g/mol. The Bertz CT molecular complexity index is 1080. The molecule has 0 spiro atoms. The van der Waals surface area contributed by atoms with Gasteiger partial charge in [0.1, 0.15) is 0 Å². The Morgan fingerprint density at radius 1 is 1.03 bits per heavy atom. The van der Waals surface area contributed by atoms with Crippen molar-refractivity contribution in [2.45, 2.75) is 47.0 Å². The first-order chi connectivity index (χ1) is 14.6. The summed E-state index contributed by atoms with van der Waals surface area (Å²) in [7, 11) is 0. The molecule has 2 aliphatic carbocycles. The molecular formula is C25H27ClN2O3. The van der Waals surface area contributed by atoms with Crippen LogP contribution in [-0.2, 0) is 9.63 Å². The van der Waals surface area contributed by atoms with Crippen molar-refractivity contribution < 1.29 is 14.4 Å². The van der Waals surface area contributed by atoms with Crippen LogP contribution < -0.4 is 5.32 Å². The lowest BCUT2D eigenvalue weighted by atomic mass is 9.64. The van der Waals surface area contributed by atoms with Crippen molar-refractivity contribution in [3.63, 3.8) is 0 Å². The Hall–Kier alpha value is -2.66. The van der Waals surface area contributed by atoms with Gasteiger partial charge in [0.2, 0.25) is 5.91 Å². The quantitative estimate of drug-likeness (QED) is 0.469. The molecule has 0 aliphatic heterocycles. The molecule has 0 aromatic heterocycles. The predicted octanol–water partition coefficient (Wildman–Crippen LogP) is 6.02. The van der Waals surface area contributed by atoms with Crippen LogP contribution in [0.3, 0.4) is 0 Å². The van der Waals surface area contributed by atoms with E-state index in [-0.39, 0.29) is 16.7 Å². The molecular weight excluding hydrogens is 412 g/mol. The number of nitrogens with one attached hydrogen (secondary N) is 1. The number of hydrogen-bond acceptors (Lipinski definition) is 4. The van der Waals surface area contributed by atoms with Gasteiger partial charge in [0.05, 0.1) is 27.4 Å². The van der Waals surface area contributed by atoms with Gasteiger partial charge >= 0.3 is 5.97 Å². The maximum absolute atomic E-state index is 13.5. The number of oxime groups is 1. The van der Waals surface area contributed by atoms with Gasteiger partial charge in [0, 0.05) is 11.8 Å². The Labute approximate surface area is 187 Å². The standard InChI is InChI=1S/C25H27ClN2O3/c1-16-9-11-17(12-10-16)21(29)31-28-20-15-25(14-13-24(20,4)23(25,2)3)22(30)27-19-8-6-5-7-18(19)26/h5-12H,13-15H2,1-4H3,(H,27,30). The number of anilines is 1. The summed E-state index contributed by atoms with van der Waals surface area (Å²) in [6.45, 7) is 8.29. The number of rotatable bonds is 4. The highest BCUT2D eigenvalue weighted by molar-refractivity contribution is 6.33. The van der Waals surface area contributed by atoms with Crippen molar-refractivity contribution >= 4 is 34.9 Å². The molecule has 0 saturated heterocycles. The maximum atomic E-state index is 13.5. The largest absolute Gasteiger partial charge is 0.365 e. The van der Waals surface area contributed by atoms with Crippen LogP contribution in [0.15, 0.2) is 53.7 Å². The first kappa shape index (κ1) is 21.6. The van der Waals surface area contributed by atoms with E-state index in [1.54, 1.807) is 24.3 Å². The lowest BCUT2D eigenvalue weighted by Crippen LogP contribution is -2.43. The highest BCUT2D eigenvalue weighted by Gasteiger charge is 2.71. The monoisotopic (exact) mass is 438 g/mol. The SMILES string of the molecule is Cc1ccc(C(=O)ON=C2CC3(C(=O)Nc4ccccc4Cl)CCC2(C)C3(C)C)cc1. The molecule has 0 heterocycles. The molecule has 6 heteroatoms. The fraction of sp³-hybridized carbons (Fsp3) is 0.400. The molecule has 2 atom stereocenters. The van der Waals surface area contributed by atoms with E-state index in [0.29, 0.717) is 22.7 Å². The van der Waals surface area contributed by atoms with Crippen LogP contribution in [-0.4, -0.2) is 17.6 Å². The second kappa shape index (κ2) is 7.49. The molecule has 162 valence electrons. The van der Waals surface area contributed by atoms with Crippen molar-refractivity contribution in [3.05, 3.63) is 64.7 Å². The van der Waals surface area contributed by atoms with E-state index in [4.69, 9.17) is 16.4 Å². The highest BCUT2D eigenvalue weighted by Crippen LogP contribution is 2.71. The first-order valence-electron chi connectivity index (χ1n) is 10.5. The summed E-state index contributed by atoms with van der Waals surface area (Å²) in [4.78, 5) is 31.3. The van der Waals surface area contributed by atoms with Gasteiger partial charge in [-0.05, 0) is 49.4 Å². The maximum Gasteiger partial charge on any atom is 0.365 e.